The highest BCUT2D eigenvalue weighted by Gasteiger charge is 2.32. The Morgan fingerprint density at radius 2 is 1.63 bits per heavy atom. The predicted octanol–water partition coefficient (Wildman–Crippen LogP) is 1.80. The van der Waals surface area contributed by atoms with Crippen LogP contribution in [-0.4, -0.2) is 48.4 Å². The van der Waals surface area contributed by atoms with E-state index in [0.29, 0.717) is 28.2 Å². The van der Waals surface area contributed by atoms with Crippen LogP contribution < -0.4 is 5.43 Å². The molecule has 1 saturated heterocycles. The number of likely N-dealkylation sites (N-methyl/N-ethyl adjacent to an activating group) is 1. The number of benzene rings is 2. The van der Waals surface area contributed by atoms with Crippen molar-refractivity contribution in [3.8, 4) is 0 Å². The summed E-state index contributed by atoms with van der Waals surface area (Å²) < 4.78 is 25.3. The van der Waals surface area contributed by atoms with Crippen molar-refractivity contribution < 1.29 is 13.2 Å². The monoisotopic (exact) mass is 384 g/mol. The second-order valence-corrected chi connectivity index (χ2v) is 9.24. The van der Waals surface area contributed by atoms with E-state index in [9.17, 15) is 18.0 Å². The Hall–Kier alpha value is -2.67. The van der Waals surface area contributed by atoms with Crippen LogP contribution in [0.25, 0.3) is 21.8 Å². The summed E-state index contributed by atoms with van der Waals surface area (Å²) in [6.45, 7) is 0.0500. The number of aromatic nitrogens is 1. The highest BCUT2D eigenvalue weighted by Crippen LogP contribution is 2.21. The number of rotatable bonds is 3. The molecule has 0 bridgehead atoms. The molecule has 0 radical (unpaired) electrons. The van der Waals surface area contributed by atoms with Crippen molar-refractivity contribution in [2.75, 3.05) is 18.6 Å². The minimum absolute atomic E-state index is 0.0148. The maximum absolute atomic E-state index is 12.9. The fraction of sp³-hybridized carbons (Fsp3) is 0.300. The third-order valence-electron chi connectivity index (χ3n) is 5.32. The molecular weight excluding hydrogens is 364 g/mol. The number of amides is 1. The van der Waals surface area contributed by atoms with E-state index in [-0.39, 0.29) is 35.4 Å². The first kappa shape index (κ1) is 17.7. The zero-order chi connectivity index (χ0) is 19.2. The van der Waals surface area contributed by atoms with Crippen LogP contribution in [0.1, 0.15) is 6.42 Å². The first-order chi connectivity index (χ1) is 12.9. The summed E-state index contributed by atoms with van der Waals surface area (Å²) in [5.41, 5.74) is 1.34. The number of carbonyl (C=O) groups is 1. The van der Waals surface area contributed by atoms with Crippen molar-refractivity contribution in [1.29, 1.82) is 0 Å². The van der Waals surface area contributed by atoms with Crippen molar-refractivity contribution in [2.24, 2.45) is 0 Å². The highest BCUT2D eigenvalue weighted by molar-refractivity contribution is 7.91. The van der Waals surface area contributed by atoms with Crippen molar-refractivity contribution in [2.45, 2.75) is 19.0 Å². The van der Waals surface area contributed by atoms with Gasteiger partial charge in [-0.1, -0.05) is 24.3 Å². The first-order valence-electron chi connectivity index (χ1n) is 8.84. The van der Waals surface area contributed by atoms with Gasteiger partial charge in [0.1, 0.15) is 6.54 Å². The van der Waals surface area contributed by atoms with Crippen LogP contribution in [0, 0.1) is 0 Å². The third kappa shape index (κ3) is 3.12. The van der Waals surface area contributed by atoms with Crippen LogP contribution in [0.5, 0.6) is 0 Å². The molecule has 2 heterocycles. The van der Waals surface area contributed by atoms with E-state index >= 15 is 0 Å². The molecule has 6 nitrogen and oxygen atoms in total. The van der Waals surface area contributed by atoms with Crippen molar-refractivity contribution in [3.63, 3.8) is 0 Å². The van der Waals surface area contributed by atoms with Gasteiger partial charge < -0.3 is 9.47 Å². The Labute approximate surface area is 156 Å². The van der Waals surface area contributed by atoms with E-state index in [2.05, 4.69) is 0 Å². The van der Waals surface area contributed by atoms with Gasteiger partial charge in [0.05, 0.1) is 22.5 Å². The molecule has 1 aromatic heterocycles. The average Bonchev–Trinajstić information content (AvgIpc) is 3.04. The van der Waals surface area contributed by atoms with Crippen LogP contribution in [0.4, 0.5) is 0 Å². The number of hydrogen-bond donors (Lipinski definition) is 0. The van der Waals surface area contributed by atoms with Crippen LogP contribution >= 0.6 is 0 Å². The number of carbonyl (C=O) groups excluding carboxylic acids is 1. The molecule has 0 saturated carbocycles. The van der Waals surface area contributed by atoms with Crippen LogP contribution in [0.3, 0.4) is 0 Å². The topological polar surface area (TPSA) is 76.5 Å². The number of fused-ring (bicyclic) bond motifs is 2. The van der Waals surface area contributed by atoms with E-state index < -0.39 is 9.84 Å². The summed E-state index contributed by atoms with van der Waals surface area (Å²) in [4.78, 5) is 27.2. The molecule has 1 atom stereocenters. The predicted molar refractivity (Wildman–Crippen MR) is 106 cm³/mol. The quantitative estimate of drug-likeness (QED) is 0.645. The number of sulfone groups is 1. The van der Waals surface area contributed by atoms with E-state index in [1.807, 2.05) is 28.8 Å². The second-order valence-electron chi connectivity index (χ2n) is 7.01. The lowest BCUT2D eigenvalue weighted by molar-refractivity contribution is -0.132. The van der Waals surface area contributed by atoms with Crippen LogP contribution in [-0.2, 0) is 21.2 Å². The number of nitrogens with zero attached hydrogens (tertiary/aromatic N) is 2. The van der Waals surface area contributed by atoms with Crippen molar-refractivity contribution in [1.82, 2.24) is 9.47 Å². The molecule has 7 heteroatoms. The molecule has 1 unspecified atom stereocenters. The fourth-order valence-electron chi connectivity index (χ4n) is 3.78. The molecule has 0 spiro atoms. The summed E-state index contributed by atoms with van der Waals surface area (Å²) in [6.07, 6.45) is 0.468. The number of hydrogen-bond acceptors (Lipinski definition) is 4. The minimum Gasteiger partial charge on any atom is -0.340 e. The zero-order valence-electron chi connectivity index (χ0n) is 15.0. The third-order valence-corrected chi connectivity index (χ3v) is 7.07. The standard InChI is InChI=1S/C20H20N2O4S/c1-21(14-10-11-27(25,26)13-14)19(23)12-22-17-8-4-2-6-15(17)20(24)16-7-3-5-9-18(16)22/h2-9,14H,10-13H2,1H3. The summed E-state index contributed by atoms with van der Waals surface area (Å²) in [5, 5.41) is 1.13. The van der Waals surface area contributed by atoms with Gasteiger partial charge >= 0.3 is 0 Å². The summed E-state index contributed by atoms with van der Waals surface area (Å²) in [6, 6.07) is 14.2. The van der Waals surface area contributed by atoms with Gasteiger partial charge in [-0.2, -0.15) is 0 Å². The van der Waals surface area contributed by atoms with Crippen LogP contribution in [0.15, 0.2) is 53.3 Å². The number of pyridine rings is 1. The molecule has 2 aromatic carbocycles. The van der Waals surface area contributed by atoms with E-state index in [1.165, 1.54) is 4.90 Å². The SMILES string of the molecule is CN(C(=O)Cn1c2ccccc2c(=O)c2ccccc21)C1CCS(=O)(=O)C1. The van der Waals surface area contributed by atoms with Gasteiger partial charge in [-0.3, -0.25) is 9.59 Å². The van der Waals surface area contributed by atoms with Gasteiger partial charge in [0.15, 0.2) is 15.3 Å². The lowest BCUT2D eigenvalue weighted by atomic mass is 10.1. The summed E-state index contributed by atoms with van der Waals surface area (Å²) >= 11 is 0. The second kappa shape index (κ2) is 6.49. The minimum atomic E-state index is -3.06. The van der Waals surface area contributed by atoms with E-state index in [1.54, 1.807) is 31.3 Å². The maximum Gasteiger partial charge on any atom is 0.242 e. The Bertz CT molecular complexity index is 1150. The molecule has 0 N–H and O–H groups in total. The van der Waals surface area contributed by atoms with Gasteiger partial charge in [0.25, 0.3) is 0 Å². The van der Waals surface area contributed by atoms with Crippen LogP contribution in [0.2, 0.25) is 0 Å². The Morgan fingerprint density at radius 3 is 2.15 bits per heavy atom. The molecule has 140 valence electrons. The molecule has 1 aliphatic heterocycles. The smallest absolute Gasteiger partial charge is 0.242 e. The maximum atomic E-state index is 12.9. The fourth-order valence-corrected chi connectivity index (χ4v) is 5.55. The normalized spacial score (nSPS) is 18.8. The Kier molecular flexibility index (Phi) is 4.26. The molecule has 1 fully saturated rings. The van der Waals surface area contributed by atoms with E-state index in [0.717, 1.165) is 0 Å². The molecule has 1 amide bonds. The lowest BCUT2D eigenvalue weighted by Crippen LogP contribution is -2.39. The Balaban J connectivity index is 1.78. The van der Waals surface area contributed by atoms with Gasteiger partial charge in [0.2, 0.25) is 5.91 Å². The molecule has 3 aromatic rings. The molecular formula is C20H20N2O4S. The van der Waals surface area contributed by atoms with Crippen molar-refractivity contribution in [3.05, 3.63) is 58.8 Å². The average molecular weight is 384 g/mol. The number of para-hydroxylation sites is 2. The molecule has 27 heavy (non-hydrogen) atoms. The van der Waals surface area contributed by atoms with Gasteiger partial charge in [0, 0.05) is 23.9 Å². The molecule has 4 rings (SSSR count). The van der Waals surface area contributed by atoms with Crippen molar-refractivity contribution >= 4 is 37.6 Å². The first-order valence-corrected chi connectivity index (χ1v) is 10.7. The van der Waals surface area contributed by atoms with Gasteiger partial charge in [-0.25, -0.2) is 8.42 Å². The largest absolute Gasteiger partial charge is 0.340 e. The molecule has 1 aliphatic rings. The summed E-state index contributed by atoms with van der Waals surface area (Å²) in [5.74, 6) is -0.0314. The van der Waals surface area contributed by atoms with Gasteiger partial charge in [-0.05, 0) is 30.7 Å². The summed E-state index contributed by atoms with van der Waals surface area (Å²) in [7, 11) is -1.41. The molecule has 0 aliphatic carbocycles. The van der Waals surface area contributed by atoms with E-state index in [4.69, 9.17) is 0 Å². The Morgan fingerprint density at radius 1 is 1.07 bits per heavy atom. The highest BCUT2D eigenvalue weighted by atomic mass is 32.2. The lowest BCUT2D eigenvalue weighted by Gasteiger charge is -2.25. The zero-order valence-corrected chi connectivity index (χ0v) is 15.8. The van der Waals surface area contributed by atoms with Gasteiger partial charge in [-0.15, -0.1) is 0 Å².